The predicted molar refractivity (Wildman–Crippen MR) is 76.7 cm³/mol. The molecule has 0 radical (unpaired) electrons. The normalized spacial score (nSPS) is 14.8. The average molecular weight is 256 g/mol. The molecule has 100 valence electrons. The van der Waals surface area contributed by atoms with Gasteiger partial charge in [-0.3, -0.25) is 4.79 Å². The van der Waals surface area contributed by atoms with Gasteiger partial charge in [0.25, 0.3) is 5.91 Å². The Morgan fingerprint density at radius 3 is 2.89 bits per heavy atom. The summed E-state index contributed by atoms with van der Waals surface area (Å²) >= 11 is 0. The van der Waals surface area contributed by atoms with E-state index >= 15 is 0 Å². The highest BCUT2D eigenvalue weighted by Crippen LogP contribution is 2.23. The van der Waals surface area contributed by atoms with Gasteiger partial charge in [-0.2, -0.15) is 0 Å². The number of carbonyl (C=O) groups excluding carboxylic acids is 1. The first-order valence-corrected chi connectivity index (χ1v) is 6.87. The Morgan fingerprint density at radius 1 is 1.37 bits per heavy atom. The van der Waals surface area contributed by atoms with Crippen LogP contribution < -0.4 is 11.1 Å². The highest BCUT2D eigenvalue weighted by atomic mass is 16.1. The summed E-state index contributed by atoms with van der Waals surface area (Å²) in [5, 5.41) is 3.01. The van der Waals surface area contributed by atoms with Gasteiger partial charge in [0.05, 0.1) is 6.54 Å². The van der Waals surface area contributed by atoms with E-state index in [0.717, 1.165) is 12.1 Å². The highest BCUT2D eigenvalue weighted by molar-refractivity contribution is 5.94. The fourth-order valence-corrected chi connectivity index (χ4v) is 2.44. The number of carbonyl (C=O) groups is 1. The quantitative estimate of drug-likeness (QED) is 0.812. The van der Waals surface area contributed by atoms with Crippen LogP contribution in [0.15, 0.2) is 24.3 Å². The summed E-state index contributed by atoms with van der Waals surface area (Å²) in [5.41, 5.74) is 6.84. The highest BCUT2D eigenvalue weighted by Gasteiger charge is 2.16. The minimum absolute atomic E-state index is 0.0108. The maximum Gasteiger partial charge on any atom is 0.251 e. The van der Waals surface area contributed by atoms with Crippen molar-refractivity contribution >= 4 is 5.91 Å². The second-order valence-electron chi connectivity index (χ2n) is 4.95. The smallest absolute Gasteiger partial charge is 0.251 e. The standard InChI is InChI=1S/C16H20N2O/c17-10-4-8-13-7-3-9-15(11-13)16(19)18-12-14-5-1-2-6-14/h3,7,9,11,14H,1-2,5-6,10,12,17H2,(H,18,19). The topological polar surface area (TPSA) is 55.1 Å². The molecule has 0 saturated heterocycles. The summed E-state index contributed by atoms with van der Waals surface area (Å²) in [5.74, 6) is 6.38. The molecule has 3 heteroatoms. The van der Waals surface area contributed by atoms with Crippen molar-refractivity contribution in [3.8, 4) is 11.8 Å². The van der Waals surface area contributed by atoms with Crippen LogP contribution in [0.1, 0.15) is 41.6 Å². The van der Waals surface area contributed by atoms with Crippen LogP contribution in [0.25, 0.3) is 0 Å². The third-order valence-corrected chi connectivity index (χ3v) is 3.49. The van der Waals surface area contributed by atoms with Crippen molar-refractivity contribution in [1.29, 1.82) is 0 Å². The molecular weight excluding hydrogens is 236 g/mol. The molecule has 3 nitrogen and oxygen atoms in total. The summed E-state index contributed by atoms with van der Waals surface area (Å²) in [6, 6.07) is 7.37. The molecule has 1 saturated carbocycles. The number of benzene rings is 1. The second-order valence-corrected chi connectivity index (χ2v) is 4.95. The summed E-state index contributed by atoms with van der Waals surface area (Å²) < 4.78 is 0. The largest absolute Gasteiger partial charge is 0.352 e. The summed E-state index contributed by atoms with van der Waals surface area (Å²) in [4.78, 5) is 12.0. The zero-order valence-electron chi connectivity index (χ0n) is 11.1. The molecule has 1 amide bonds. The van der Waals surface area contributed by atoms with E-state index in [1.165, 1.54) is 25.7 Å². The molecule has 0 spiro atoms. The molecule has 1 aliphatic carbocycles. The number of hydrogen-bond acceptors (Lipinski definition) is 2. The van der Waals surface area contributed by atoms with E-state index in [1.54, 1.807) is 0 Å². The van der Waals surface area contributed by atoms with Gasteiger partial charge in [0.1, 0.15) is 0 Å². The van der Waals surface area contributed by atoms with E-state index < -0.39 is 0 Å². The minimum Gasteiger partial charge on any atom is -0.352 e. The van der Waals surface area contributed by atoms with E-state index in [0.29, 0.717) is 18.0 Å². The van der Waals surface area contributed by atoms with Crippen LogP contribution in [-0.2, 0) is 0 Å². The van der Waals surface area contributed by atoms with E-state index in [-0.39, 0.29) is 5.91 Å². The second kappa shape index (κ2) is 6.96. The van der Waals surface area contributed by atoms with Crippen molar-refractivity contribution in [1.82, 2.24) is 5.32 Å². The lowest BCUT2D eigenvalue weighted by atomic mass is 10.1. The lowest BCUT2D eigenvalue weighted by Crippen LogP contribution is -2.28. The third-order valence-electron chi connectivity index (χ3n) is 3.49. The first kappa shape index (κ1) is 13.6. The van der Waals surface area contributed by atoms with Gasteiger partial charge >= 0.3 is 0 Å². The zero-order valence-corrected chi connectivity index (χ0v) is 11.1. The van der Waals surface area contributed by atoms with E-state index in [9.17, 15) is 4.79 Å². The molecule has 0 atom stereocenters. The number of nitrogens with two attached hydrogens (primary N) is 1. The molecule has 2 rings (SSSR count). The first-order chi connectivity index (χ1) is 9.29. The summed E-state index contributed by atoms with van der Waals surface area (Å²) in [6.07, 6.45) is 5.07. The Kier molecular flexibility index (Phi) is 5.00. The maximum absolute atomic E-state index is 12.0. The number of nitrogens with one attached hydrogen (secondary N) is 1. The molecule has 1 fully saturated rings. The summed E-state index contributed by atoms with van der Waals surface area (Å²) in [7, 11) is 0. The van der Waals surface area contributed by atoms with Crippen molar-refractivity contribution in [3.63, 3.8) is 0 Å². The molecule has 0 bridgehead atoms. The molecule has 0 aromatic heterocycles. The Bertz CT molecular complexity index is 493. The minimum atomic E-state index is -0.0108. The van der Waals surface area contributed by atoms with Gasteiger partial charge in [-0.1, -0.05) is 30.7 Å². The van der Waals surface area contributed by atoms with Crippen LogP contribution in [0.2, 0.25) is 0 Å². The van der Waals surface area contributed by atoms with Crippen molar-refractivity contribution in [2.24, 2.45) is 11.7 Å². The van der Waals surface area contributed by atoms with Crippen LogP contribution in [0, 0.1) is 17.8 Å². The zero-order chi connectivity index (χ0) is 13.5. The Labute approximate surface area is 114 Å². The van der Waals surface area contributed by atoms with E-state index in [4.69, 9.17) is 5.73 Å². The third kappa shape index (κ3) is 4.11. The molecule has 19 heavy (non-hydrogen) atoms. The SMILES string of the molecule is NCC#Cc1cccc(C(=O)NCC2CCCC2)c1. The predicted octanol–water partition coefficient (Wildman–Crippen LogP) is 1.92. The van der Waals surface area contributed by atoms with Gasteiger partial charge in [-0.05, 0) is 37.0 Å². The molecule has 1 aromatic carbocycles. The molecule has 3 N–H and O–H groups in total. The Morgan fingerprint density at radius 2 is 2.16 bits per heavy atom. The van der Waals surface area contributed by atoms with Gasteiger partial charge in [0.2, 0.25) is 0 Å². The first-order valence-electron chi connectivity index (χ1n) is 6.87. The van der Waals surface area contributed by atoms with Gasteiger partial charge in [0.15, 0.2) is 0 Å². The van der Waals surface area contributed by atoms with Crippen LogP contribution in [0.3, 0.4) is 0 Å². The molecular formula is C16H20N2O. The molecule has 1 aliphatic rings. The number of hydrogen-bond donors (Lipinski definition) is 2. The van der Waals surface area contributed by atoms with Crippen LogP contribution in [0.5, 0.6) is 0 Å². The van der Waals surface area contributed by atoms with Crippen LogP contribution in [-0.4, -0.2) is 19.0 Å². The number of rotatable bonds is 3. The Balaban J connectivity index is 1.94. The van der Waals surface area contributed by atoms with Gasteiger partial charge in [-0.25, -0.2) is 0 Å². The van der Waals surface area contributed by atoms with E-state index in [2.05, 4.69) is 17.2 Å². The molecule has 0 aliphatic heterocycles. The van der Waals surface area contributed by atoms with Crippen LogP contribution in [0.4, 0.5) is 0 Å². The molecule has 0 unspecified atom stereocenters. The van der Waals surface area contributed by atoms with Gasteiger partial charge in [-0.15, -0.1) is 0 Å². The summed E-state index contributed by atoms with van der Waals surface area (Å²) in [6.45, 7) is 1.12. The monoisotopic (exact) mass is 256 g/mol. The van der Waals surface area contributed by atoms with Gasteiger partial charge in [0, 0.05) is 17.7 Å². The molecule has 1 aromatic rings. The van der Waals surface area contributed by atoms with Crippen LogP contribution >= 0.6 is 0 Å². The van der Waals surface area contributed by atoms with Crippen molar-refractivity contribution in [2.75, 3.05) is 13.1 Å². The molecule has 0 heterocycles. The fourth-order valence-electron chi connectivity index (χ4n) is 2.44. The number of amides is 1. The van der Waals surface area contributed by atoms with E-state index in [1.807, 2.05) is 24.3 Å². The van der Waals surface area contributed by atoms with Gasteiger partial charge < -0.3 is 11.1 Å². The lowest BCUT2D eigenvalue weighted by molar-refractivity contribution is 0.0947. The van der Waals surface area contributed by atoms with Crippen molar-refractivity contribution in [3.05, 3.63) is 35.4 Å². The maximum atomic E-state index is 12.0. The Hall–Kier alpha value is -1.79. The lowest BCUT2D eigenvalue weighted by Gasteiger charge is -2.10. The van der Waals surface area contributed by atoms with Crippen molar-refractivity contribution < 1.29 is 4.79 Å². The average Bonchev–Trinajstić information content (AvgIpc) is 2.96. The van der Waals surface area contributed by atoms with Crippen molar-refractivity contribution in [2.45, 2.75) is 25.7 Å². The fraction of sp³-hybridized carbons (Fsp3) is 0.438.